The summed E-state index contributed by atoms with van der Waals surface area (Å²) in [6, 6.07) is 6.02. The van der Waals surface area contributed by atoms with E-state index in [1.165, 1.54) is 18.2 Å². The number of carbonyl (C=O) groups excluding carboxylic acids is 1. The Morgan fingerprint density at radius 3 is 2.88 bits per heavy atom. The third kappa shape index (κ3) is 3.03. The van der Waals surface area contributed by atoms with Crippen molar-refractivity contribution in [1.29, 1.82) is 0 Å². The van der Waals surface area contributed by atoms with E-state index in [2.05, 4.69) is 10.6 Å². The van der Waals surface area contributed by atoms with Crippen LogP contribution in [0.4, 0.5) is 14.5 Å². The molecule has 0 radical (unpaired) electrons. The number of alkyl halides is 2. The van der Waals surface area contributed by atoms with Gasteiger partial charge < -0.3 is 10.6 Å². The quantitative estimate of drug-likeness (QED) is 0.849. The monoisotopic (exact) mass is 238 g/mol. The standard InChI is InChI=1S/C12H12F2N2O/c13-12(14)8-2-1-3-9(6-8)16-10-4-5-15-11(17)7-10/h1-3,6-7,12,16H,4-5H2,(H,15,17). The van der Waals surface area contributed by atoms with Gasteiger partial charge in [-0.25, -0.2) is 8.78 Å². The highest BCUT2D eigenvalue weighted by Crippen LogP contribution is 2.22. The molecule has 0 saturated heterocycles. The molecule has 1 amide bonds. The van der Waals surface area contributed by atoms with Gasteiger partial charge in [-0.15, -0.1) is 0 Å². The van der Waals surface area contributed by atoms with Crippen molar-refractivity contribution in [3.8, 4) is 0 Å². The summed E-state index contributed by atoms with van der Waals surface area (Å²) >= 11 is 0. The summed E-state index contributed by atoms with van der Waals surface area (Å²) in [6.45, 7) is 0.562. The molecule has 0 unspecified atom stereocenters. The van der Waals surface area contributed by atoms with Gasteiger partial charge in [-0.3, -0.25) is 4.79 Å². The van der Waals surface area contributed by atoms with E-state index in [1.54, 1.807) is 12.1 Å². The normalized spacial score (nSPS) is 15.5. The number of anilines is 1. The zero-order valence-electron chi connectivity index (χ0n) is 9.04. The summed E-state index contributed by atoms with van der Waals surface area (Å²) in [6.07, 6.45) is -0.371. The maximum absolute atomic E-state index is 12.5. The van der Waals surface area contributed by atoms with Gasteiger partial charge in [0.15, 0.2) is 0 Å². The van der Waals surface area contributed by atoms with E-state index in [0.29, 0.717) is 18.7 Å². The van der Waals surface area contributed by atoms with Gasteiger partial charge in [0.25, 0.3) is 6.43 Å². The Morgan fingerprint density at radius 1 is 1.35 bits per heavy atom. The van der Waals surface area contributed by atoms with E-state index in [-0.39, 0.29) is 11.5 Å². The van der Waals surface area contributed by atoms with Gasteiger partial charge in [0, 0.05) is 36.0 Å². The van der Waals surface area contributed by atoms with Crippen molar-refractivity contribution in [2.24, 2.45) is 0 Å². The van der Waals surface area contributed by atoms with Crippen LogP contribution in [0.25, 0.3) is 0 Å². The van der Waals surface area contributed by atoms with E-state index in [4.69, 9.17) is 0 Å². The van der Waals surface area contributed by atoms with Gasteiger partial charge in [0.2, 0.25) is 5.91 Å². The van der Waals surface area contributed by atoms with Crippen molar-refractivity contribution < 1.29 is 13.6 Å². The smallest absolute Gasteiger partial charge is 0.263 e. The number of benzene rings is 1. The Morgan fingerprint density at radius 2 is 2.18 bits per heavy atom. The maximum Gasteiger partial charge on any atom is 0.263 e. The fourth-order valence-electron chi connectivity index (χ4n) is 1.64. The topological polar surface area (TPSA) is 41.1 Å². The molecule has 0 aliphatic carbocycles. The molecule has 1 aromatic rings. The lowest BCUT2D eigenvalue weighted by Crippen LogP contribution is -2.28. The van der Waals surface area contributed by atoms with Crippen molar-refractivity contribution in [1.82, 2.24) is 5.32 Å². The summed E-state index contributed by atoms with van der Waals surface area (Å²) in [5, 5.41) is 5.63. The summed E-state index contributed by atoms with van der Waals surface area (Å²) in [4.78, 5) is 11.1. The van der Waals surface area contributed by atoms with Crippen LogP contribution in [0.5, 0.6) is 0 Å². The zero-order chi connectivity index (χ0) is 12.3. The minimum atomic E-state index is -2.49. The predicted molar refractivity (Wildman–Crippen MR) is 60.7 cm³/mol. The maximum atomic E-state index is 12.5. The van der Waals surface area contributed by atoms with Crippen LogP contribution in [0.15, 0.2) is 36.0 Å². The van der Waals surface area contributed by atoms with E-state index in [9.17, 15) is 13.6 Å². The second-order valence-corrected chi connectivity index (χ2v) is 3.76. The van der Waals surface area contributed by atoms with Crippen molar-refractivity contribution in [2.45, 2.75) is 12.8 Å². The molecule has 1 aromatic carbocycles. The number of amides is 1. The first-order valence-corrected chi connectivity index (χ1v) is 5.29. The zero-order valence-corrected chi connectivity index (χ0v) is 9.04. The number of hydrogen-bond acceptors (Lipinski definition) is 2. The highest BCUT2D eigenvalue weighted by Gasteiger charge is 2.10. The molecule has 0 saturated carbocycles. The van der Waals surface area contributed by atoms with Crippen LogP contribution < -0.4 is 10.6 Å². The average Bonchev–Trinajstić information content (AvgIpc) is 2.29. The molecule has 0 spiro atoms. The predicted octanol–water partition coefficient (Wildman–Crippen LogP) is 2.44. The molecule has 5 heteroatoms. The molecule has 1 heterocycles. The molecule has 90 valence electrons. The Bertz CT molecular complexity index is 458. The molecule has 1 aliphatic heterocycles. The molecule has 17 heavy (non-hydrogen) atoms. The second kappa shape index (κ2) is 4.95. The first kappa shape index (κ1) is 11.6. The summed E-state index contributed by atoms with van der Waals surface area (Å²) in [7, 11) is 0. The van der Waals surface area contributed by atoms with Crippen molar-refractivity contribution in [3.63, 3.8) is 0 Å². The molecular formula is C12H12F2N2O. The van der Waals surface area contributed by atoms with Gasteiger partial charge in [-0.2, -0.15) is 0 Å². The van der Waals surface area contributed by atoms with Crippen LogP contribution in [0.1, 0.15) is 18.4 Å². The highest BCUT2D eigenvalue weighted by molar-refractivity contribution is 5.89. The van der Waals surface area contributed by atoms with Crippen LogP contribution >= 0.6 is 0 Å². The first-order chi connectivity index (χ1) is 8.15. The third-order valence-electron chi connectivity index (χ3n) is 2.44. The molecule has 3 nitrogen and oxygen atoms in total. The Balaban J connectivity index is 2.13. The third-order valence-corrected chi connectivity index (χ3v) is 2.44. The Hall–Kier alpha value is -1.91. The van der Waals surface area contributed by atoms with E-state index >= 15 is 0 Å². The minimum absolute atomic E-state index is 0.0316. The Labute approximate surface area is 97.5 Å². The second-order valence-electron chi connectivity index (χ2n) is 3.76. The van der Waals surface area contributed by atoms with Gasteiger partial charge >= 0.3 is 0 Å². The largest absolute Gasteiger partial charge is 0.359 e. The number of halogens is 2. The van der Waals surface area contributed by atoms with Gasteiger partial charge in [-0.05, 0) is 12.1 Å². The summed E-state index contributed by atoms with van der Waals surface area (Å²) in [5.74, 6) is -0.163. The molecule has 0 atom stereocenters. The molecule has 0 bridgehead atoms. The number of nitrogens with one attached hydrogen (secondary N) is 2. The lowest BCUT2D eigenvalue weighted by Gasteiger charge is -2.16. The van der Waals surface area contributed by atoms with Gasteiger partial charge in [0.05, 0.1) is 0 Å². The lowest BCUT2D eigenvalue weighted by molar-refractivity contribution is -0.116. The lowest BCUT2D eigenvalue weighted by atomic mass is 10.1. The Kier molecular flexibility index (Phi) is 3.37. The van der Waals surface area contributed by atoms with Crippen molar-refractivity contribution in [3.05, 3.63) is 41.6 Å². The molecule has 2 rings (SSSR count). The van der Waals surface area contributed by atoms with Crippen LogP contribution in [0.3, 0.4) is 0 Å². The molecule has 0 fully saturated rings. The van der Waals surface area contributed by atoms with Crippen LogP contribution in [-0.4, -0.2) is 12.5 Å². The summed E-state index contributed by atoms with van der Waals surface area (Å²) in [5.41, 5.74) is 1.28. The van der Waals surface area contributed by atoms with Crippen molar-refractivity contribution in [2.75, 3.05) is 11.9 Å². The number of rotatable bonds is 3. The fourth-order valence-corrected chi connectivity index (χ4v) is 1.64. The highest BCUT2D eigenvalue weighted by atomic mass is 19.3. The van der Waals surface area contributed by atoms with Crippen LogP contribution in [0.2, 0.25) is 0 Å². The molecule has 0 aromatic heterocycles. The SMILES string of the molecule is O=C1C=C(Nc2cccc(C(F)F)c2)CCN1. The fraction of sp³-hybridized carbons (Fsp3) is 0.250. The molecule has 2 N–H and O–H groups in total. The van der Waals surface area contributed by atoms with E-state index < -0.39 is 6.43 Å². The van der Waals surface area contributed by atoms with Gasteiger partial charge in [0.1, 0.15) is 0 Å². The summed E-state index contributed by atoms with van der Waals surface area (Å²) < 4.78 is 25.0. The number of carbonyl (C=O) groups is 1. The van der Waals surface area contributed by atoms with Gasteiger partial charge in [-0.1, -0.05) is 12.1 Å². The molecular weight excluding hydrogens is 226 g/mol. The van der Waals surface area contributed by atoms with Crippen molar-refractivity contribution >= 4 is 11.6 Å². The van der Waals surface area contributed by atoms with E-state index in [1.807, 2.05) is 0 Å². The molecule has 1 aliphatic rings. The van der Waals surface area contributed by atoms with E-state index in [0.717, 1.165) is 5.70 Å². The average molecular weight is 238 g/mol. The van der Waals surface area contributed by atoms with Crippen LogP contribution in [0, 0.1) is 0 Å². The minimum Gasteiger partial charge on any atom is -0.359 e. The first-order valence-electron chi connectivity index (χ1n) is 5.29. The number of hydrogen-bond donors (Lipinski definition) is 2. The van der Waals surface area contributed by atoms with Crippen LogP contribution in [-0.2, 0) is 4.79 Å².